The summed E-state index contributed by atoms with van der Waals surface area (Å²) in [5.41, 5.74) is 5.94. The van der Waals surface area contributed by atoms with E-state index in [1.165, 1.54) is 0 Å². The van der Waals surface area contributed by atoms with Crippen LogP contribution in [0, 0.1) is 0 Å². The van der Waals surface area contributed by atoms with Gasteiger partial charge >= 0.3 is 0 Å². The van der Waals surface area contributed by atoms with E-state index in [1.807, 2.05) is 25.1 Å². The van der Waals surface area contributed by atoms with Crippen molar-refractivity contribution < 1.29 is 9.53 Å². The molecule has 1 aromatic carbocycles. The Morgan fingerprint density at radius 1 is 1.47 bits per heavy atom. The van der Waals surface area contributed by atoms with Crippen LogP contribution in [0.2, 0.25) is 5.02 Å². The number of rotatable bonds is 4. The molecule has 1 aromatic rings. The first-order chi connectivity index (χ1) is 9.06. The Labute approximate surface area is 118 Å². The Bertz CT molecular complexity index is 467. The summed E-state index contributed by atoms with van der Waals surface area (Å²) < 4.78 is 5.68. The lowest BCUT2D eigenvalue weighted by molar-refractivity contribution is -0.137. The fourth-order valence-corrected chi connectivity index (χ4v) is 2.54. The molecule has 2 N–H and O–H groups in total. The van der Waals surface area contributed by atoms with Crippen LogP contribution in [0.5, 0.6) is 0 Å². The molecular formula is C14H19ClN2O2. The van der Waals surface area contributed by atoms with E-state index in [4.69, 9.17) is 22.1 Å². The van der Waals surface area contributed by atoms with Crippen LogP contribution in [0.4, 0.5) is 5.69 Å². The van der Waals surface area contributed by atoms with Crippen LogP contribution in [0.25, 0.3) is 0 Å². The van der Waals surface area contributed by atoms with Gasteiger partial charge in [0.2, 0.25) is 0 Å². The number of hydrogen-bond donors (Lipinski definition) is 1. The Morgan fingerprint density at radius 3 is 2.89 bits per heavy atom. The molecule has 0 saturated carbocycles. The van der Waals surface area contributed by atoms with Crippen molar-refractivity contribution in [3.63, 3.8) is 0 Å². The van der Waals surface area contributed by atoms with Gasteiger partial charge < -0.3 is 15.4 Å². The number of carbonyl (C=O) groups is 1. The molecule has 0 aromatic heterocycles. The van der Waals surface area contributed by atoms with Crippen molar-refractivity contribution in [3.8, 4) is 0 Å². The molecule has 19 heavy (non-hydrogen) atoms. The van der Waals surface area contributed by atoms with Gasteiger partial charge in [-0.05, 0) is 38.4 Å². The highest BCUT2D eigenvalue weighted by Gasteiger charge is 2.36. The number of amides is 1. The van der Waals surface area contributed by atoms with Gasteiger partial charge in [-0.15, -0.1) is 0 Å². The maximum Gasteiger partial charge on any atom is 0.253 e. The normalized spacial score (nSPS) is 23.7. The number of anilines is 1. The Morgan fingerprint density at radius 2 is 2.21 bits per heavy atom. The maximum absolute atomic E-state index is 12.0. The summed E-state index contributed by atoms with van der Waals surface area (Å²) in [6.07, 6.45) is 1.71. The minimum absolute atomic E-state index is 0.0571. The highest BCUT2D eigenvalue weighted by atomic mass is 35.5. The first-order valence-electron chi connectivity index (χ1n) is 6.45. The van der Waals surface area contributed by atoms with Crippen molar-refractivity contribution in [2.75, 3.05) is 24.6 Å². The Kier molecular flexibility index (Phi) is 4.45. The molecular weight excluding hydrogens is 264 g/mol. The summed E-state index contributed by atoms with van der Waals surface area (Å²) >= 11 is 6.17. The molecule has 5 heteroatoms. The van der Waals surface area contributed by atoms with E-state index in [-0.39, 0.29) is 18.1 Å². The molecule has 1 atom stereocenters. The summed E-state index contributed by atoms with van der Waals surface area (Å²) in [4.78, 5) is 13.7. The summed E-state index contributed by atoms with van der Waals surface area (Å²) in [7, 11) is 0. The zero-order valence-corrected chi connectivity index (χ0v) is 11.8. The molecule has 2 rings (SSSR count). The van der Waals surface area contributed by atoms with Gasteiger partial charge in [-0.1, -0.05) is 23.7 Å². The molecule has 1 amide bonds. The number of nitrogens with zero attached hydrogens (tertiary/aromatic N) is 1. The molecule has 1 fully saturated rings. The van der Waals surface area contributed by atoms with E-state index >= 15 is 0 Å². The molecule has 1 unspecified atom stereocenters. The SMILES string of the molecule is CC1(CCCN)CN(c2ccccc2Cl)C(=O)CO1. The number of morpholine rings is 1. The van der Waals surface area contributed by atoms with Crippen molar-refractivity contribution >= 4 is 23.2 Å². The van der Waals surface area contributed by atoms with Gasteiger partial charge in [0.25, 0.3) is 5.91 Å². The van der Waals surface area contributed by atoms with Crippen LogP contribution in [0.15, 0.2) is 24.3 Å². The molecule has 0 spiro atoms. The first kappa shape index (κ1) is 14.3. The van der Waals surface area contributed by atoms with Crippen molar-refractivity contribution in [2.24, 2.45) is 5.73 Å². The van der Waals surface area contributed by atoms with Crippen molar-refractivity contribution in [1.82, 2.24) is 0 Å². The summed E-state index contributed by atoms with van der Waals surface area (Å²) in [6.45, 7) is 3.24. The van der Waals surface area contributed by atoms with E-state index in [1.54, 1.807) is 11.0 Å². The van der Waals surface area contributed by atoms with Crippen molar-refractivity contribution in [1.29, 1.82) is 0 Å². The van der Waals surface area contributed by atoms with Crippen molar-refractivity contribution in [3.05, 3.63) is 29.3 Å². The summed E-state index contributed by atoms with van der Waals surface area (Å²) in [5, 5.41) is 0.582. The first-order valence-corrected chi connectivity index (χ1v) is 6.82. The van der Waals surface area contributed by atoms with Gasteiger partial charge in [0.1, 0.15) is 6.61 Å². The molecule has 1 aliphatic rings. The predicted molar refractivity (Wildman–Crippen MR) is 76.5 cm³/mol. The molecule has 4 nitrogen and oxygen atoms in total. The van der Waals surface area contributed by atoms with E-state index in [0.717, 1.165) is 18.5 Å². The van der Waals surface area contributed by atoms with E-state index in [9.17, 15) is 4.79 Å². The minimum atomic E-state index is -0.355. The number of hydrogen-bond acceptors (Lipinski definition) is 3. The fourth-order valence-electron chi connectivity index (χ4n) is 2.30. The van der Waals surface area contributed by atoms with Gasteiger partial charge in [-0.3, -0.25) is 4.79 Å². The molecule has 104 valence electrons. The second kappa shape index (κ2) is 5.90. The van der Waals surface area contributed by atoms with E-state index < -0.39 is 0 Å². The smallest absolute Gasteiger partial charge is 0.253 e. The number of benzene rings is 1. The zero-order valence-electron chi connectivity index (χ0n) is 11.1. The number of nitrogens with two attached hydrogens (primary N) is 1. The lowest BCUT2D eigenvalue weighted by Gasteiger charge is -2.40. The average Bonchev–Trinajstić information content (AvgIpc) is 2.41. The van der Waals surface area contributed by atoms with E-state index in [2.05, 4.69) is 0 Å². The second-order valence-corrected chi connectivity index (χ2v) is 5.47. The van der Waals surface area contributed by atoms with Crippen LogP contribution in [0.3, 0.4) is 0 Å². The molecule has 0 aliphatic carbocycles. The Hall–Kier alpha value is -1.10. The average molecular weight is 283 g/mol. The van der Waals surface area contributed by atoms with Gasteiger partial charge in [0.15, 0.2) is 0 Å². The number of ether oxygens (including phenoxy) is 1. The lowest BCUT2D eigenvalue weighted by atomic mass is 9.97. The maximum atomic E-state index is 12.0. The van der Waals surface area contributed by atoms with Gasteiger partial charge in [0.05, 0.1) is 22.9 Å². The third kappa shape index (κ3) is 3.26. The highest BCUT2D eigenvalue weighted by Crippen LogP contribution is 2.31. The fraction of sp³-hybridized carbons (Fsp3) is 0.500. The monoisotopic (exact) mass is 282 g/mol. The molecule has 1 aliphatic heterocycles. The molecule has 0 bridgehead atoms. The lowest BCUT2D eigenvalue weighted by Crippen LogP contribution is -2.53. The largest absolute Gasteiger partial charge is 0.364 e. The predicted octanol–water partition coefficient (Wildman–Crippen LogP) is 2.20. The number of para-hydroxylation sites is 1. The molecule has 0 radical (unpaired) electrons. The van der Waals surface area contributed by atoms with Crippen LogP contribution in [-0.2, 0) is 9.53 Å². The molecule has 1 saturated heterocycles. The second-order valence-electron chi connectivity index (χ2n) is 5.06. The molecule has 1 heterocycles. The van der Waals surface area contributed by atoms with Crippen LogP contribution in [-0.4, -0.2) is 31.2 Å². The summed E-state index contributed by atoms with van der Waals surface area (Å²) in [6, 6.07) is 7.37. The zero-order chi connectivity index (χ0) is 13.9. The number of carbonyl (C=O) groups excluding carboxylic acids is 1. The van der Waals surface area contributed by atoms with Gasteiger partial charge in [-0.25, -0.2) is 0 Å². The third-order valence-corrected chi connectivity index (χ3v) is 3.71. The summed E-state index contributed by atoms with van der Waals surface area (Å²) in [5.74, 6) is -0.0571. The van der Waals surface area contributed by atoms with Gasteiger partial charge in [0, 0.05) is 0 Å². The quantitative estimate of drug-likeness (QED) is 0.921. The standard InChI is InChI=1S/C14H19ClN2O2/c1-14(7-4-8-16)10-17(13(18)9-19-14)12-6-3-2-5-11(12)15/h2-3,5-6H,4,7-10,16H2,1H3. The minimum Gasteiger partial charge on any atom is -0.364 e. The Balaban J connectivity index is 2.19. The van der Waals surface area contributed by atoms with Crippen LogP contribution < -0.4 is 10.6 Å². The number of halogens is 1. The highest BCUT2D eigenvalue weighted by molar-refractivity contribution is 6.33. The topological polar surface area (TPSA) is 55.6 Å². The third-order valence-electron chi connectivity index (χ3n) is 3.39. The van der Waals surface area contributed by atoms with Crippen molar-refractivity contribution in [2.45, 2.75) is 25.4 Å². The van der Waals surface area contributed by atoms with Crippen LogP contribution >= 0.6 is 11.6 Å². The van der Waals surface area contributed by atoms with E-state index in [0.29, 0.717) is 18.1 Å². The van der Waals surface area contributed by atoms with Crippen LogP contribution in [0.1, 0.15) is 19.8 Å². The van der Waals surface area contributed by atoms with Gasteiger partial charge in [-0.2, -0.15) is 0 Å².